The first-order valence-corrected chi connectivity index (χ1v) is 16.8. The highest BCUT2D eigenvalue weighted by Crippen LogP contribution is 2.44. The first-order chi connectivity index (χ1) is 23.5. The van der Waals surface area contributed by atoms with Crippen LogP contribution in [-0.2, 0) is 14.3 Å². The summed E-state index contributed by atoms with van der Waals surface area (Å²) in [6.45, 7) is 15.0. The number of aromatic nitrogens is 4. The van der Waals surface area contributed by atoms with E-state index in [-0.39, 0.29) is 31.4 Å². The van der Waals surface area contributed by atoms with Crippen LogP contribution in [0.1, 0.15) is 119 Å². The summed E-state index contributed by atoms with van der Waals surface area (Å²) in [4.78, 5) is 58.8. The largest absolute Gasteiger partial charge is 0.481 e. The molecule has 4 aliphatic heterocycles. The second-order valence-corrected chi connectivity index (χ2v) is 12.9. The second kappa shape index (κ2) is 13.6. The van der Waals surface area contributed by atoms with Crippen molar-refractivity contribution >= 4 is 51.1 Å². The Morgan fingerprint density at radius 3 is 2.39 bits per heavy atom. The monoisotopic (exact) mass is 665 g/mol. The van der Waals surface area contributed by atoms with E-state index in [0.29, 0.717) is 53.1 Å². The Morgan fingerprint density at radius 2 is 1.69 bits per heavy atom. The van der Waals surface area contributed by atoms with Gasteiger partial charge in [0.1, 0.15) is 0 Å². The third kappa shape index (κ3) is 5.91. The molecule has 2 atom stereocenters. The summed E-state index contributed by atoms with van der Waals surface area (Å²) >= 11 is 0. The number of carboxylic acids is 1. The van der Waals surface area contributed by atoms with Crippen molar-refractivity contribution in [2.45, 2.75) is 65.7 Å². The van der Waals surface area contributed by atoms with Crippen LogP contribution < -0.4 is 0 Å². The van der Waals surface area contributed by atoms with E-state index >= 15 is 0 Å². The number of H-pyrrole nitrogens is 2. The summed E-state index contributed by atoms with van der Waals surface area (Å²) in [6.07, 6.45) is 2.76. The topological polar surface area (TPSA) is 150 Å². The summed E-state index contributed by atoms with van der Waals surface area (Å²) < 4.78 is 10.7. The molecule has 2 aromatic rings. The number of hydrogen-bond donors (Lipinski definition) is 3. The minimum Gasteiger partial charge on any atom is -0.481 e. The molecule has 49 heavy (non-hydrogen) atoms. The van der Waals surface area contributed by atoms with Crippen LogP contribution in [0.4, 0.5) is 0 Å². The second-order valence-electron chi connectivity index (χ2n) is 12.9. The molecule has 4 aliphatic rings. The molecule has 0 saturated heterocycles. The predicted octanol–water partition coefficient (Wildman–Crippen LogP) is 6.81. The number of carbonyl (C=O) groups excluding carboxylic acids is 2. The molecule has 11 nitrogen and oxygen atoms in total. The van der Waals surface area contributed by atoms with Crippen LogP contribution in [-0.4, -0.2) is 81.2 Å². The van der Waals surface area contributed by atoms with E-state index in [0.717, 1.165) is 57.2 Å². The Hall–Kier alpha value is -4.87. The number of aromatic amines is 2. The number of allylic oxidation sites excluding steroid dienone is 5. The highest BCUT2D eigenvalue weighted by Gasteiger charge is 2.40. The van der Waals surface area contributed by atoms with E-state index in [2.05, 4.69) is 30.4 Å². The molecule has 6 heterocycles. The molecule has 2 amide bonds. The minimum absolute atomic E-state index is 0.0474. The van der Waals surface area contributed by atoms with Crippen molar-refractivity contribution in [2.75, 3.05) is 33.5 Å². The normalized spacial score (nSPS) is 18.0. The van der Waals surface area contributed by atoms with Gasteiger partial charge in [-0.05, 0) is 74.1 Å². The smallest absolute Gasteiger partial charge is 0.303 e. The van der Waals surface area contributed by atoms with Gasteiger partial charge in [-0.1, -0.05) is 26.5 Å². The van der Waals surface area contributed by atoms with E-state index in [1.807, 2.05) is 39.0 Å². The number of imide groups is 1. The minimum atomic E-state index is -0.923. The molecule has 11 heteroatoms. The Balaban J connectivity index is 1.71. The van der Waals surface area contributed by atoms with Gasteiger partial charge in [-0.3, -0.25) is 19.3 Å². The van der Waals surface area contributed by atoms with Gasteiger partial charge in [-0.2, -0.15) is 0 Å². The van der Waals surface area contributed by atoms with Crippen LogP contribution in [0.2, 0.25) is 0 Å². The summed E-state index contributed by atoms with van der Waals surface area (Å²) in [5, 5.41) is 9.70. The first-order valence-electron chi connectivity index (χ1n) is 16.8. The summed E-state index contributed by atoms with van der Waals surface area (Å²) in [5.41, 5.74) is 11.0. The number of ether oxygens (including phenoxy) is 2. The van der Waals surface area contributed by atoms with Crippen LogP contribution in [0.25, 0.3) is 33.3 Å². The van der Waals surface area contributed by atoms with Gasteiger partial charge in [0.2, 0.25) is 0 Å². The van der Waals surface area contributed by atoms with E-state index in [4.69, 9.17) is 19.4 Å². The van der Waals surface area contributed by atoms with Crippen LogP contribution >= 0.6 is 0 Å². The third-order valence-corrected chi connectivity index (χ3v) is 10.1. The van der Waals surface area contributed by atoms with Gasteiger partial charge < -0.3 is 24.5 Å². The van der Waals surface area contributed by atoms with Crippen molar-refractivity contribution in [3.8, 4) is 0 Å². The molecule has 0 fully saturated rings. The summed E-state index contributed by atoms with van der Waals surface area (Å²) in [6, 6.07) is 5.92. The lowest BCUT2D eigenvalue weighted by Crippen LogP contribution is -2.43. The average molecular weight is 666 g/mol. The maximum absolute atomic E-state index is 14.5. The van der Waals surface area contributed by atoms with Crippen LogP contribution in [0.15, 0.2) is 30.9 Å². The quantitative estimate of drug-likeness (QED) is 0.175. The first kappa shape index (κ1) is 34.0. The van der Waals surface area contributed by atoms with Gasteiger partial charge in [0.15, 0.2) is 0 Å². The SMILES string of the molecule is C=CC1=C(C)c2cc3[nH]c(c4c5[nH]c(cc6nc(cc1n2)C(C)=C6CC)c(C)c5C(=O)N(CCOCCOC)C4=O)[C@@H](CCC(=O)O)[C@@H]3C. The highest BCUT2D eigenvalue weighted by atomic mass is 16.5. The standard InChI is InChI=1S/C38H43N5O6/c1-8-23-19(3)26-16-28-21(5)25(10-11-32(44)45)35(41-28)34-36-33(37(46)43(38(34)47)12-13-49-15-14-48-7)22(6)29(42-36)18-31-24(9-2)20(4)27(40-31)17-30(23)39-26/h8,16-18,21,25,41-42H,1,9-15H2,2-7H3,(H,44,45)/t21-,25-/m0/s1. The van der Waals surface area contributed by atoms with Crippen molar-refractivity contribution in [3.63, 3.8) is 0 Å². The molecule has 256 valence electrons. The molecule has 0 unspecified atom stereocenters. The van der Waals surface area contributed by atoms with Gasteiger partial charge in [0, 0.05) is 47.8 Å². The molecule has 8 bridgehead atoms. The number of nitrogens with zero attached hydrogens (tertiary/aromatic N) is 3. The van der Waals surface area contributed by atoms with Gasteiger partial charge in [-0.15, -0.1) is 0 Å². The maximum Gasteiger partial charge on any atom is 0.303 e. The average Bonchev–Trinajstić information content (AvgIpc) is 3.74. The fraction of sp³-hybridized carbons (Fsp3) is 0.395. The van der Waals surface area contributed by atoms with Gasteiger partial charge >= 0.3 is 5.97 Å². The Bertz CT molecular complexity index is 2030. The number of rotatable bonds is 11. The summed E-state index contributed by atoms with van der Waals surface area (Å²) in [5.74, 6) is -2.32. The Kier molecular flexibility index (Phi) is 9.41. The summed E-state index contributed by atoms with van der Waals surface area (Å²) in [7, 11) is 1.58. The van der Waals surface area contributed by atoms with E-state index < -0.39 is 17.8 Å². The van der Waals surface area contributed by atoms with Crippen LogP contribution in [0, 0.1) is 6.92 Å². The van der Waals surface area contributed by atoms with E-state index in [1.54, 1.807) is 13.2 Å². The zero-order valence-electron chi connectivity index (χ0n) is 29.0. The molecule has 0 spiro atoms. The molecule has 6 rings (SSSR count). The van der Waals surface area contributed by atoms with Crippen LogP contribution in [0.5, 0.6) is 0 Å². The fourth-order valence-electron chi connectivity index (χ4n) is 7.31. The number of fused-ring (bicyclic) bond motifs is 8. The number of carboxylic acid groups (broad SMARTS) is 1. The fourth-order valence-corrected chi connectivity index (χ4v) is 7.31. The lowest BCUT2D eigenvalue weighted by atomic mass is 9.84. The number of amides is 2. The van der Waals surface area contributed by atoms with Crippen molar-refractivity contribution in [1.29, 1.82) is 0 Å². The van der Waals surface area contributed by atoms with Crippen LogP contribution in [0.3, 0.4) is 0 Å². The van der Waals surface area contributed by atoms with E-state index in [9.17, 15) is 19.5 Å². The highest BCUT2D eigenvalue weighted by molar-refractivity contribution is 6.23. The lowest BCUT2D eigenvalue weighted by Gasteiger charge is -2.27. The maximum atomic E-state index is 14.5. The molecular formula is C38H43N5O6. The number of aryl methyl sites for hydroxylation is 1. The number of nitrogens with one attached hydrogen (secondary N) is 2. The van der Waals surface area contributed by atoms with Gasteiger partial charge in [-0.25, -0.2) is 9.97 Å². The molecule has 0 aliphatic carbocycles. The molecular weight excluding hydrogens is 622 g/mol. The number of hydrogen-bond acceptors (Lipinski definition) is 7. The molecule has 0 radical (unpaired) electrons. The molecule has 0 aromatic carbocycles. The molecule has 2 aromatic heterocycles. The van der Waals surface area contributed by atoms with E-state index in [1.165, 1.54) is 4.90 Å². The third-order valence-electron chi connectivity index (χ3n) is 10.1. The molecule has 3 N–H and O–H groups in total. The van der Waals surface area contributed by atoms with Crippen molar-refractivity contribution < 1.29 is 29.0 Å². The van der Waals surface area contributed by atoms with Crippen molar-refractivity contribution in [2.24, 2.45) is 0 Å². The Morgan fingerprint density at radius 1 is 0.980 bits per heavy atom. The number of carbonyl (C=O) groups is 3. The number of aliphatic carboxylic acids is 1. The predicted molar refractivity (Wildman–Crippen MR) is 189 cm³/mol. The van der Waals surface area contributed by atoms with Crippen molar-refractivity contribution in [3.05, 3.63) is 81.7 Å². The zero-order chi connectivity index (χ0) is 35.1. The molecule has 0 saturated carbocycles. The zero-order valence-corrected chi connectivity index (χ0v) is 29.0. The van der Waals surface area contributed by atoms with Crippen molar-refractivity contribution in [1.82, 2.24) is 24.8 Å². The number of methoxy groups -OCH3 is 1. The van der Waals surface area contributed by atoms with Gasteiger partial charge in [0.05, 0.1) is 65.8 Å². The Labute approximate surface area is 285 Å². The van der Waals surface area contributed by atoms with Gasteiger partial charge in [0.25, 0.3) is 11.8 Å². The lowest BCUT2D eigenvalue weighted by molar-refractivity contribution is -0.137.